The molecule has 0 unspecified atom stereocenters. The van der Waals surface area contributed by atoms with Crippen LogP contribution in [0.2, 0.25) is 0 Å². The number of aliphatic hydroxyl groups excluding tert-OH is 1. The van der Waals surface area contributed by atoms with Crippen LogP contribution < -0.4 is 4.90 Å². The zero-order valence-electron chi connectivity index (χ0n) is 12.0. The third-order valence-electron chi connectivity index (χ3n) is 3.55. The summed E-state index contributed by atoms with van der Waals surface area (Å²) < 4.78 is 1.92. The highest BCUT2D eigenvalue weighted by molar-refractivity contribution is 5.55. The molecule has 108 valence electrons. The molecule has 0 aliphatic rings. The summed E-state index contributed by atoms with van der Waals surface area (Å²) >= 11 is 0. The molecular weight excluding hydrogens is 264 g/mol. The van der Waals surface area contributed by atoms with Crippen LogP contribution >= 0.6 is 0 Å². The van der Waals surface area contributed by atoms with Gasteiger partial charge in [0.25, 0.3) is 0 Å². The van der Waals surface area contributed by atoms with E-state index in [4.69, 9.17) is 0 Å². The van der Waals surface area contributed by atoms with Crippen molar-refractivity contribution in [3.63, 3.8) is 0 Å². The summed E-state index contributed by atoms with van der Waals surface area (Å²) in [4.78, 5) is 11.0. The third kappa shape index (κ3) is 2.73. The minimum Gasteiger partial charge on any atom is -0.390 e. The first-order valence-corrected chi connectivity index (χ1v) is 6.97. The second-order valence-electron chi connectivity index (χ2n) is 4.96. The van der Waals surface area contributed by atoms with Crippen molar-refractivity contribution in [1.82, 2.24) is 14.4 Å². The lowest BCUT2D eigenvalue weighted by molar-refractivity contribution is 0.276. The van der Waals surface area contributed by atoms with Crippen molar-refractivity contribution in [1.29, 1.82) is 0 Å². The molecule has 0 spiro atoms. The zero-order chi connectivity index (χ0) is 14.7. The van der Waals surface area contributed by atoms with Gasteiger partial charge < -0.3 is 10.0 Å². The second kappa shape index (κ2) is 5.93. The topological polar surface area (TPSA) is 53.7 Å². The minimum atomic E-state index is -0.0333. The van der Waals surface area contributed by atoms with E-state index in [9.17, 15) is 5.11 Å². The summed E-state index contributed by atoms with van der Waals surface area (Å²) in [6.45, 7) is 0.766. The number of likely N-dealkylation sites (N-methyl/N-ethyl adjacent to an activating group) is 1. The molecule has 0 aromatic carbocycles. The van der Waals surface area contributed by atoms with E-state index in [1.807, 2.05) is 54.0 Å². The highest BCUT2D eigenvalue weighted by atomic mass is 16.3. The number of fused-ring (bicyclic) bond motifs is 1. The van der Waals surface area contributed by atoms with Crippen LogP contribution in [0.15, 0.2) is 48.8 Å². The van der Waals surface area contributed by atoms with Gasteiger partial charge in [0.1, 0.15) is 5.65 Å². The Balaban J connectivity index is 1.82. The normalized spacial score (nSPS) is 11.0. The Morgan fingerprint density at radius 1 is 1.19 bits per heavy atom. The van der Waals surface area contributed by atoms with Crippen LogP contribution in [0.25, 0.3) is 5.65 Å². The summed E-state index contributed by atoms with van der Waals surface area (Å²) in [5.41, 5.74) is 2.72. The number of aromatic nitrogens is 3. The number of hydrogen-bond acceptors (Lipinski definition) is 4. The second-order valence-corrected chi connectivity index (χ2v) is 4.96. The fourth-order valence-corrected chi connectivity index (χ4v) is 2.42. The van der Waals surface area contributed by atoms with Crippen molar-refractivity contribution in [3.8, 4) is 0 Å². The number of nitrogens with zero attached hydrogens (tertiary/aromatic N) is 4. The van der Waals surface area contributed by atoms with Crippen LogP contribution in [0.4, 0.5) is 5.82 Å². The summed E-state index contributed by atoms with van der Waals surface area (Å²) in [6, 6.07) is 11.7. The quantitative estimate of drug-likeness (QED) is 0.776. The average Bonchev–Trinajstić information content (AvgIpc) is 2.92. The van der Waals surface area contributed by atoms with E-state index in [0.29, 0.717) is 0 Å². The van der Waals surface area contributed by atoms with Crippen molar-refractivity contribution >= 4 is 11.5 Å². The number of anilines is 1. The molecule has 21 heavy (non-hydrogen) atoms. The maximum Gasteiger partial charge on any atom is 0.153 e. The number of pyridine rings is 2. The first-order chi connectivity index (χ1) is 10.3. The summed E-state index contributed by atoms with van der Waals surface area (Å²) in [6.07, 6.45) is 4.57. The highest BCUT2D eigenvalue weighted by Gasteiger charge is 2.14. The summed E-state index contributed by atoms with van der Waals surface area (Å²) in [5, 5.41) is 9.64. The van der Waals surface area contributed by atoms with Gasteiger partial charge in [0.15, 0.2) is 5.82 Å². The molecule has 5 heteroatoms. The third-order valence-corrected chi connectivity index (χ3v) is 3.55. The standard InChI is InChI=1S/C16H18N4O/c1-19(11-8-13-6-2-4-9-17-13)16-14(12-21)20-10-5-3-7-15(20)18-16/h2-7,9-10,21H,8,11-12H2,1H3. The Labute approximate surface area is 123 Å². The van der Waals surface area contributed by atoms with Crippen LogP contribution in [0.5, 0.6) is 0 Å². The lowest BCUT2D eigenvalue weighted by Gasteiger charge is -2.17. The first kappa shape index (κ1) is 13.6. The molecule has 0 fully saturated rings. The number of imidazole rings is 1. The van der Waals surface area contributed by atoms with Gasteiger partial charge in [0.2, 0.25) is 0 Å². The predicted octanol–water partition coefficient (Wildman–Crippen LogP) is 1.90. The zero-order valence-corrected chi connectivity index (χ0v) is 12.0. The van der Waals surface area contributed by atoms with Gasteiger partial charge in [-0.05, 0) is 24.3 Å². The van der Waals surface area contributed by atoms with Gasteiger partial charge in [-0.15, -0.1) is 0 Å². The molecule has 3 heterocycles. The van der Waals surface area contributed by atoms with Gasteiger partial charge in [0.05, 0.1) is 12.3 Å². The molecule has 5 nitrogen and oxygen atoms in total. The molecule has 0 radical (unpaired) electrons. The van der Waals surface area contributed by atoms with Gasteiger partial charge in [-0.25, -0.2) is 4.98 Å². The van der Waals surface area contributed by atoms with Gasteiger partial charge >= 0.3 is 0 Å². The maximum atomic E-state index is 9.64. The SMILES string of the molecule is CN(CCc1ccccn1)c1nc2ccccn2c1CO. The van der Waals surface area contributed by atoms with E-state index < -0.39 is 0 Å². The fourth-order valence-electron chi connectivity index (χ4n) is 2.42. The smallest absolute Gasteiger partial charge is 0.153 e. The number of hydrogen-bond donors (Lipinski definition) is 1. The van der Waals surface area contributed by atoms with E-state index in [1.165, 1.54) is 0 Å². The Kier molecular flexibility index (Phi) is 3.83. The molecule has 0 aliphatic carbocycles. The van der Waals surface area contributed by atoms with Crippen LogP contribution in [0.1, 0.15) is 11.4 Å². The Hall–Kier alpha value is -2.40. The average molecular weight is 282 g/mol. The van der Waals surface area contributed by atoms with E-state index in [-0.39, 0.29) is 6.61 Å². The highest BCUT2D eigenvalue weighted by Crippen LogP contribution is 2.20. The van der Waals surface area contributed by atoms with Crippen molar-refractivity contribution < 1.29 is 5.11 Å². The molecule has 0 aliphatic heterocycles. The van der Waals surface area contributed by atoms with Crippen molar-refractivity contribution in [2.45, 2.75) is 13.0 Å². The molecule has 0 atom stereocenters. The Morgan fingerprint density at radius 3 is 2.81 bits per heavy atom. The molecule has 0 saturated carbocycles. The Bertz CT molecular complexity index is 723. The molecule has 3 aromatic heterocycles. The molecule has 1 N–H and O–H groups in total. The van der Waals surface area contributed by atoms with Gasteiger partial charge in [-0.2, -0.15) is 0 Å². The van der Waals surface area contributed by atoms with Crippen molar-refractivity contribution in [2.75, 3.05) is 18.5 Å². The Morgan fingerprint density at radius 2 is 2.05 bits per heavy atom. The van der Waals surface area contributed by atoms with E-state index in [1.54, 1.807) is 6.20 Å². The molecule has 0 saturated heterocycles. The lowest BCUT2D eigenvalue weighted by atomic mass is 10.2. The van der Waals surface area contributed by atoms with E-state index in [0.717, 1.165) is 35.8 Å². The maximum absolute atomic E-state index is 9.64. The molecule has 0 amide bonds. The lowest BCUT2D eigenvalue weighted by Crippen LogP contribution is -2.22. The van der Waals surface area contributed by atoms with Gasteiger partial charge in [0, 0.05) is 38.1 Å². The molecular formula is C16H18N4O. The van der Waals surface area contributed by atoms with Crippen LogP contribution in [0.3, 0.4) is 0 Å². The minimum absolute atomic E-state index is 0.0333. The van der Waals surface area contributed by atoms with Crippen LogP contribution in [-0.2, 0) is 13.0 Å². The molecule has 3 aromatic rings. The van der Waals surface area contributed by atoms with E-state index >= 15 is 0 Å². The van der Waals surface area contributed by atoms with Crippen LogP contribution in [-0.4, -0.2) is 33.1 Å². The van der Waals surface area contributed by atoms with Crippen LogP contribution in [0, 0.1) is 0 Å². The monoisotopic (exact) mass is 282 g/mol. The number of rotatable bonds is 5. The fraction of sp³-hybridized carbons (Fsp3) is 0.250. The molecule has 0 bridgehead atoms. The van der Waals surface area contributed by atoms with E-state index in [2.05, 4.69) is 14.9 Å². The summed E-state index contributed by atoms with van der Waals surface area (Å²) in [7, 11) is 1.99. The number of aliphatic hydroxyl groups is 1. The van der Waals surface area contributed by atoms with Gasteiger partial charge in [-0.3, -0.25) is 9.38 Å². The summed E-state index contributed by atoms with van der Waals surface area (Å²) in [5.74, 6) is 0.819. The van der Waals surface area contributed by atoms with Crippen molar-refractivity contribution in [2.24, 2.45) is 0 Å². The van der Waals surface area contributed by atoms with Crippen molar-refractivity contribution in [3.05, 3.63) is 60.2 Å². The predicted molar refractivity (Wildman–Crippen MR) is 82.3 cm³/mol. The first-order valence-electron chi connectivity index (χ1n) is 6.97. The largest absolute Gasteiger partial charge is 0.390 e. The molecule has 3 rings (SSSR count). The van der Waals surface area contributed by atoms with Gasteiger partial charge in [-0.1, -0.05) is 12.1 Å².